The summed E-state index contributed by atoms with van der Waals surface area (Å²) in [5.41, 5.74) is -0.534. The molecule has 0 atom stereocenters. The van der Waals surface area contributed by atoms with Crippen LogP contribution < -0.4 is 4.90 Å². The van der Waals surface area contributed by atoms with Crippen LogP contribution in [0.15, 0.2) is 0 Å². The molecule has 1 aromatic rings. The topological polar surface area (TPSA) is 52.5 Å². The minimum Gasteiger partial charge on any atom is -0.389 e. The van der Waals surface area contributed by atoms with Gasteiger partial charge in [-0.1, -0.05) is 20.8 Å². The molecule has 120 valence electrons. The fourth-order valence-corrected chi connectivity index (χ4v) is 3.53. The number of rotatable bonds is 6. The van der Waals surface area contributed by atoms with Crippen molar-refractivity contribution in [3.8, 4) is 0 Å². The van der Waals surface area contributed by atoms with Gasteiger partial charge in [0.25, 0.3) is 0 Å². The number of hydrogen-bond donors (Lipinski definition) is 1. The van der Waals surface area contributed by atoms with Gasteiger partial charge in [0.05, 0.1) is 5.60 Å². The molecule has 0 spiro atoms. The molecule has 5 nitrogen and oxygen atoms in total. The Morgan fingerprint density at radius 3 is 2.52 bits per heavy atom. The fourth-order valence-electron chi connectivity index (χ4n) is 2.73. The van der Waals surface area contributed by atoms with E-state index in [-0.39, 0.29) is 0 Å². The first kappa shape index (κ1) is 16.6. The van der Waals surface area contributed by atoms with Crippen LogP contribution in [-0.2, 0) is 6.42 Å². The SMILES string of the molecule is CCc1nsc(N2CCCN(CC(O)(CC)CC)CC2)n1. The lowest BCUT2D eigenvalue weighted by atomic mass is 9.97. The molecule has 2 rings (SSSR count). The number of aryl methyl sites for hydroxylation is 1. The number of aliphatic hydroxyl groups is 1. The third-order valence-corrected chi connectivity index (χ3v) is 5.28. The molecular weight excluding hydrogens is 284 g/mol. The molecule has 0 amide bonds. The molecule has 1 aromatic heterocycles. The van der Waals surface area contributed by atoms with E-state index in [1.54, 1.807) is 0 Å². The maximum absolute atomic E-state index is 10.5. The largest absolute Gasteiger partial charge is 0.389 e. The minimum absolute atomic E-state index is 0.534. The van der Waals surface area contributed by atoms with Crippen molar-refractivity contribution >= 4 is 16.7 Å². The molecule has 1 aliphatic rings. The zero-order chi connectivity index (χ0) is 15.3. The van der Waals surface area contributed by atoms with Gasteiger partial charge >= 0.3 is 0 Å². The van der Waals surface area contributed by atoms with Crippen molar-refractivity contribution in [1.82, 2.24) is 14.3 Å². The average molecular weight is 312 g/mol. The first-order valence-corrected chi connectivity index (χ1v) is 8.89. The van der Waals surface area contributed by atoms with Crippen LogP contribution in [-0.4, -0.2) is 57.7 Å². The Bertz CT molecular complexity index is 433. The van der Waals surface area contributed by atoms with Crippen molar-refractivity contribution in [2.24, 2.45) is 0 Å². The van der Waals surface area contributed by atoms with E-state index in [4.69, 9.17) is 0 Å². The molecule has 0 unspecified atom stereocenters. The summed E-state index contributed by atoms with van der Waals surface area (Å²) in [6, 6.07) is 0. The Labute approximate surface area is 132 Å². The molecule has 6 heteroatoms. The summed E-state index contributed by atoms with van der Waals surface area (Å²) in [5.74, 6) is 0.947. The normalized spacial score (nSPS) is 18.0. The van der Waals surface area contributed by atoms with Gasteiger partial charge < -0.3 is 10.0 Å². The summed E-state index contributed by atoms with van der Waals surface area (Å²) < 4.78 is 4.38. The lowest BCUT2D eigenvalue weighted by Crippen LogP contribution is -2.43. The van der Waals surface area contributed by atoms with E-state index in [0.29, 0.717) is 0 Å². The second-order valence-electron chi connectivity index (χ2n) is 5.89. The fraction of sp³-hybridized carbons (Fsp3) is 0.867. The monoisotopic (exact) mass is 312 g/mol. The van der Waals surface area contributed by atoms with Gasteiger partial charge in [0.1, 0.15) is 5.82 Å². The van der Waals surface area contributed by atoms with E-state index < -0.39 is 5.60 Å². The van der Waals surface area contributed by atoms with Gasteiger partial charge in [-0.3, -0.25) is 4.90 Å². The lowest BCUT2D eigenvalue weighted by molar-refractivity contribution is -0.00168. The second-order valence-corrected chi connectivity index (χ2v) is 6.63. The Morgan fingerprint density at radius 1 is 1.14 bits per heavy atom. The molecular formula is C15H28N4OS. The maximum atomic E-state index is 10.5. The van der Waals surface area contributed by atoms with Gasteiger partial charge in [-0.05, 0) is 19.3 Å². The molecule has 1 fully saturated rings. The summed E-state index contributed by atoms with van der Waals surface area (Å²) in [4.78, 5) is 9.33. The molecule has 1 saturated heterocycles. The second kappa shape index (κ2) is 7.51. The van der Waals surface area contributed by atoms with Crippen molar-refractivity contribution in [3.05, 3.63) is 5.82 Å². The zero-order valence-corrected chi connectivity index (χ0v) is 14.3. The molecule has 21 heavy (non-hydrogen) atoms. The number of hydrogen-bond acceptors (Lipinski definition) is 6. The third kappa shape index (κ3) is 4.37. The zero-order valence-electron chi connectivity index (χ0n) is 13.5. The summed E-state index contributed by atoms with van der Waals surface area (Å²) in [5, 5.41) is 11.6. The highest BCUT2D eigenvalue weighted by Gasteiger charge is 2.27. The van der Waals surface area contributed by atoms with E-state index >= 15 is 0 Å². The Balaban J connectivity index is 1.92. The van der Waals surface area contributed by atoms with Crippen LogP contribution in [0, 0.1) is 0 Å². The van der Waals surface area contributed by atoms with Crippen LogP contribution in [0.1, 0.15) is 45.9 Å². The van der Waals surface area contributed by atoms with Gasteiger partial charge in [-0.2, -0.15) is 4.37 Å². The van der Waals surface area contributed by atoms with Gasteiger partial charge in [0, 0.05) is 50.7 Å². The van der Waals surface area contributed by atoms with Crippen LogP contribution in [0.5, 0.6) is 0 Å². The minimum atomic E-state index is -0.534. The van der Waals surface area contributed by atoms with Crippen LogP contribution in [0.4, 0.5) is 5.13 Å². The third-order valence-electron chi connectivity index (χ3n) is 4.47. The Kier molecular flexibility index (Phi) is 5.96. The highest BCUT2D eigenvalue weighted by atomic mass is 32.1. The molecule has 0 saturated carbocycles. The highest BCUT2D eigenvalue weighted by Crippen LogP contribution is 2.21. The molecule has 1 aliphatic heterocycles. The summed E-state index contributed by atoms with van der Waals surface area (Å²) >= 11 is 1.51. The molecule has 1 N–H and O–H groups in total. The van der Waals surface area contributed by atoms with E-state index in [1.165, 1.54) is 11.5 Å². The van der Waals surface area contributed by atoms with E-state index in [9.17, 15) is 5.11 Å². The van der Waals surface area contributed by atoms with Gasteiger partial charge in [0.15, 0.2) is 0 Å². The summed E-state index contributed by atoms with van der Waals surface area (Å²) in [7, 11) is 0. The van der Waals surface area contributed by atoms with E-state index in [2.05, 4.69) is 39.9 Å². The highest BCUT2D eigenvalue weighted by molar-refractivity contribution is 7.09. The van der Waals surface area contributed by atoms with Crippen LogP contribution in [0.25, 0.3) is 0 Å². The van der Waals surface area contributed by atoms with Crippen LogP contribution in [0.3, 0.4) is 0 Å². The number of β-amino-alcohol motifs (C(OH)–C–C–N with tert-alkyl or cyclic N) is 1. The van der Waals surface area contributed by atoms with Gasteiger partial charge in [-0.25, -0.2) is 4.98 Å². The average Bonchev–Trinajstić information content (AvgIpc) is 2.87. The lowest BCUT2D eigenvalue weighted by Gasteiger charge is -2.32. The Morgan fingerprint density at radius 2 is 1.90 bits per heavy atom. The molecule has 0 radical (unpaired) electrons. The van der Waals surface area contributed by atoms with Crippen molar-refractivity contribution < 1.29 is 5.11 Å². The van der Waals surface area contributed by atoms with Crippen molar-refractivity contribution in [2.75, 3.05) is 37.6 Å². The number of anilines is 1. The molecule has 0 bridgehead atoms. The molecule has 0 aromatic carbocycles. The number of aromatic nitrogens is 2. The summed E-state index contributed by atoms with van der Waals surface area (Å²) in [6.45, 7) is 11.1. The van der Waals surface area contributed by atoms with Crippen LogP contribution in [0.2, 0.25) is 0 Å². The maximum Gasteiger partial charge on any atom is 0.205 e. The van der Waals surface area contributed by atoms with Crippen LogP contribution >= 0.6 is 11.5 Å². The molecule has 2 heterocycles. The first-order chi connectivity index (χ1) is 10.1. The smallest absolute Gasteiger partial charge is 0.205 e. The van der Waals surface area contributed by atoms with Crippen molar-refractivity contribution in [1.29, 1.82) is 0 Å². The molecule has 0 aliphatic carbocycles. The van der Waals surface area contributed by atoms with Crippen molar-refractivity contribution in [2.45, 2.75) is 52.1 Å². The van der Waals surface area contributed by atoms with Gasteiger partial charge in [-0.15, -0.1) is 0 Å². The van der Waals surface area contributed by atoms with Crippen molar-refractivity contribution in [3.63, 3.8) is 0 Å². The Hall–Kier alpha value is -0.720. The quantitative estimate of drug-likeness (QED) is 0.872. The predicted molar refractivity (Wildman–Crippen MR) is 88.1 cm³/mol. The predicted octanol–water partition coefficient (Wildman–Crippen LogP) is 2.16. The first-order valence-electron chi connectivity index (χ1n) is 8.12. The van der Waals surface area contributed by atoms with E-state index in [0.717, 1.165) is 69.4 Å². The van der Waals surface area contributed by atoms with Gasteiger partial charge in [0.2, 0.25) is 5.13 Å². The van der Waals surface area contributed by atoms with E-state index in [1.807, 2.05) is 0 Å². The standard InChI is InChI=1S/C15H28N4OS/c1-4-13-16-14(21-17-13)19-9-7-8-18(10-11-19)12-15(20,5-2)6-3/h20H,4-12H2,1-3H3. The summed E-state index contributed by atoms with van der Waals surface area (Å²) in [6.07, 6.45) is 3.65. The number of nitrogens with zero attached hydrogens (tertiary/aromatic N) is 4.